The van der Waals surface area contributed by atoms with Crippen molar-refractivity contribution in [3.8, 4) is 0 Å². The second-order valence-corrected chi connectivity index (χ2v) is 5.18. The van der Waals surface area contributed by atoms with Crippen molar-refractivity contribution in [2.45, 2.75) is 31.8 Å². The summed E-state index contributed by atoms with van der Waals surface area (Å²) in [6.45, 7) is 3.25. The number of aliphatic hydroxyl groups is 1. The summed E-state index contributed by atoms with van der Waals surface area (Å²) < 4.78 is 8.96. The number of carbonyl (C=O) groups excluding carboxylic acids is 1. The van der Waals surface area contributed by atoms with Crippen LogP contribution in [0, 0.1) is 0 Å². The van der Waals surface area contributed by atoms with Crippen molar-refractivity contribution in [3.05, 3.63) is 10.6 Å². The molecule has 0 unspecified atom stereocenters. The number of nitrogens with one attached hydrogen (secondary N) is 1. The summed E-state index contributed by atoms with van der Waals surface area (Å²) in [5.41, 5.74) is -0.144. The molecule has 0 spiro atoms. The van der Waals surface area contributed by atoms with Gasteiger partial charge in [0.05, 0.1) is 11.3 Å². The van der Waals surface area contributed by atoms with Gasteiger partial charge in [-0.25, -0.2) is 0 Å². The van der Waals surface area contributed by atoms with Crippen molar-refractivity contribution < 1.29 is 14.6 Å². The highest BCUT2D eigenvalue weighted by molar-refractivity contribution is 7.08. The van der Waals surface area contributed by atoms with E-state index in [9.17, 15) is 9.90 Å². The van der Waals surface area contributed by atoms with Crippen LogP contribution in [-0.2, 0) is 11.2 Å². The van der Waals surface area contributed by atoms with Crippen LogP contribution in [-0.4, -0.2) is 46.0 Å². The summed E-state index contributed by atoms with van der Waals surface area (Å²) in [6.07, 6.45) is 1.78. The second kappa shape index (κ2) is 5.73. The molecule has 1 fully saturated rings. The van der Waals surface area contributed by atoms with Crippen LogP contribution in [0.5, 0.6) is 0 Å². The van der Waals surface area contributed by atoms with E-state index in [0.717, 1.165) is 11.5 Å². The Kier molecular flexibility index (Phi) is 4.26. The summed E-state index contributed by atoms with van der Waals surface area (Å²) in [4.78, 5) is 12.5. The van der Waals surface area contributed by atoms with Crippen LogP contribution >= 0.6 is 11.5 Å². The molecule has 1 aliphatic rings. The molecule has 7 heteroatoms. The molecule has 2 rings (SSSR count). The van der Waals surface area contributed by atoms with Gasteiger partial charge >= 0.3 is 0 Å². The summed E-state index contributed by atoms with van der Waals surface area (Å²) >= 11 is 1.09. The van der Waals surface area contributed by atoms with Crippen LogP contribution in [0.1, 0.15) is 35.1 Å². The number of hydrogen-bond acceptors (Lipinski definition) is 6. The Balaban J connectivity index is 1.92. The van der Waals surface area contributed by atoms with E-state index >= 15 is 0 Å². The van der Waals surface area contributed by atoms with E-state index in [4.69, 9.17) is 4.74 Å². The molecule has 1 amide bonds. The molecular formula is C11H17N3O3S. The van der Waals surface area contributed by atoms with Gasteiger partial charge in [0.15, 0.2) is 0 Å². The fourth-order valence-electron chi connectivity index (χ4n) is 1.87. The first kappa shape index (κ1) is 13.4. The van der Waals surface area contributed by atoms with Gasteiger partial charge < -0.3 is 15.2 Å². The summed E-state index contributed by atoms with van der Waals surface area (Å²) in [6, 6.07) is 0. The highest BCUT2D eigenvalue weighted by Crippen LogP contribution is 2.19. The molecule has 0 aliphatic carbocycles. The Morgan fingerprint density at radius 1 is 1.56 bits per heavy atom. The third-order valence-electron chi connectivity index (χ3n) is 3.10. The molecule has 1 saturated heterocycles. The standard InChI is InChI=1S/C11H17N3O3S/c1-2-8-9(18-14-13-8)10(15)12-7-11(16)3-5-17-6-4-11/h16H,2-7H2,1H3,(H,12,15). The number of amides is 1. The molecule has 1 aromatic heterocycles. The van der Waals surface area contributed by atoms with Crippen LogP contribution in [0.2, 0.25) is 0 Å². The molecule has 0 radical (unpaired) electrons. The number of aryl methyl sites for hydroxylation is 1. The van der Waals surface area contributed by atoms with E-state index in [1.807, 2.05) is 6.92 Å². The van der Waals surface area contributed by atoms with E-state index in [0.29, 0.717) is 43.0 Å². The van der Waals surface area contributed by atoms with Gasteiger partial charge in [0.25, 0.3) is 5.91 Å². The zero-order valence-corrected chi connectivity index (χ0v) is 11.1. The number of hydrogen-bond donors (Lipinski definition) is 2. The maximum absolute atomic E-state index is 11.9. The van der Waals surface area contributed by atoms with Crippen molar-refractivity contribution >= 4 is 17.4 Å². The van der Waals surface area contributed by atoms with E-state index in [1.54, 1.807) is 0 Å². The van der Waals surface area contributed by atoms with E-state index in [2.05, 4.69) is 14.9 Å². The van der Waals surface area contributed by atoms with Gasteiger partial charge in [-0.3, -0.25) is 4.79 Å². The lowest BCUT2D eigenvalue weighted by atomic mass is 9.94. The number of ether oxygens (including phenoxy) is 1. The minimum absolute atomic E-state index is 0.207. The molecule has 100 valence electrons. The number of aromatic nitrogens is 2. The van der Waals surface area contributed by atoms with Crippen LogP contribution in [0.4, 0.5) is 0 Å². The Bertz CT molecular complexity index is 415. The SMILES string of the molecule is CCc1nnsc1C(=O)NCC1(O)CCOCC1. The average Bonchev–Trinajstić information content (AvgIpc) is 2.85. The molecule has 0 atom stereocenters. The average molecular weight is 271 g/mol. The summed E-state index contributed by atoms with van der Waals surface area (Å²) in [7, 11) is 0. The zero-order valence-electron chi connectivity index (χ0n) is 10.3. The van der Waals surface area contributed by atoms with Gasteiger partial charge in [0, 0.05) is 32.6 Å². The fraction of sp³-hybridized carbons (Fsp3) is 0.727. The van der Waals surface area contributed by atoms with Gasteiger partial charge in [-0.15, -0.1) is 5.10 Å². The van der Waals surface area contributed by atoms with E-state index < -0.39 is 5.60 Å². The molecule has 1 aromatic rings. The quantitative estimate of drug-likeness (QED) is 0.826. The maximum Gasteiger partial charge on any atom is 0.265 e. The van der Waals surface area contributed by atoms with Gasteiger partial charge in [-0.1, -0.05) is 11.4 Å². The van der Waals surface area contributed by atoms with Gasteiger partial charge in [0.1, 0.15) is 4.88 Å². The van der Waals surface area contributed by atoms with Crippen molar-refractivity contribution in [2.24, 2.45) is 0 Å². The third-order valence-corrected chi connectivity index (χ3v) is 3.87. The van der Waals surface area contributed by atoms with Crippen molar-refractivity contribution in [1.82, 2.24) is 14.9 Å². The van der Waals surface area contributed by atoms with E-state index in [1.165, 1.54) is 0 Å². The normalized spacial score (nSPS) is 18.6. The smallest absolute Gasteiger partial charge is 0.265 e. The van der Waals surface area contributed by atoms with Crippen LogP contribution in [0.25, 0.3) is 0 Å². The number of rotatable bonds is 4. The first-order valence-electron chi connectivity index (χ1n) is 6.04. The van der Waals surface area contributed by atoms with Gasteiger partial charge in [0.2, 0.25) is 0 Å². The predicted octanol–water partition coefficient (Wildman–Crippen LogP) is 0.372. The Labute approximate surface area is 110 Å². The summed E-state index contributed by atoms with van der Waals surface area (Å²) in [5.74, 6) is -0.207. The second-order valence-electron chi connectivity index (χ2n) is 4.42. The van der Waals surface area contributed by atoms with Crippen molar-refractivity contribution in [3.63, 3.8) is 0 Å². The lowest BCUT2D eigenvalue weighted by molar-refractivity contribution is -0.0605. The first-order chi connectivity index (χ1) is 8.64. The Morgan fingerprint density at radius 2 is 2.28 bits per heavy atom. The largest absolute Gasteiger partial charge is 0.388 e. The molecular weight excluding hydrogens is 254 g/mol. The molecule has 2 heterocycles. The minimum Gasteiger partial charge on any atom is -0.388 e. The monoisotopic (exact) mass is 271 g/mol. The minimum atomic E-state index is -0.849. The summed E-state index contributed by atoms with van der Waals surface area (Å²) in [5, 5.41) is 16.9. The molecule has 1 aliphatic heterocycles. The zero-order chi connectivity index (χ0) is 13.0. The van der Waals surface area contributed by atoms with Gasteiger partial charge in [-0.2, -0.15) is 0 Å². The molecule has 2 N–H and O–H groups in total. The fourth-order valence-corrected chi connectivity index (χ4v) is 2.53. The van der Waals surface area contributed by atoms with E-state index in [-0.39, 0.29) is 12.5 Å². The lowest BCUT2D eigenvalue weighted by Crippen LogP contribution is -2.46. The highest BCUT2D eigenvalue weighted by Gasteiger charge is 2.30. The van der Waals surface area contributed by atoms with Crippen molar-refractivity contribution in [2.75, 3.05) is 19.8 Å². The maximum atomic E-state index is 11.9. The Morgan fingerprint density at radius 3 is 2.94 bits per heavy atom. The Hall–Kier alpha value is -1.05. The molecule has 0 aromatic carbocycles. The highest BCUT2D eigenvalue weighted by atomic mass is 32.1. The molecule has 18 heavy (non-hydrogen) atoms. The first-order valence-corrected chi connectivity index (χ1v) is 6.81. The lowest BCUT2D eigenvalue weighted by Gasteiger charge is -2.31. The van der Waals surface area contributed by atoms with Gasteiger partial charge in [-0.05, 0) is 18.0 Å². The molecule has 0 saturated carbocycles. The predicted molar refractivity (Wildman–Crippen MR) is 66.6 cm³/mol. The van der Waals surface area contributed by atoms with Crippen LogP contribution in [0.15, 0.2) is 0 Å². The van der Waals surface area contributed by atoms with Crippen LogP contribution in [0.3, 0.4) is 0 Å². The van der Waals surface area contributed by atoms with Crippen molar-refractivity contribution in [1.29, 1.82) is 0 Å². The number of carbonyl (C=O) groups is 1. The number of nitrogens with zero attached hydrogens (tertiary/aromatic N) is 2. The third kappa shape index (κ3) is 3.04. The van der Waals surface area contributed by atoms with Crippen LogP contribution < -0.4 is 5.32 Å². The topological polar surface area (TPSA) is 84.3 Å². The molecule has 0 bridgehead atoms. The molecule has 6 nitrogen and oxygen atoms in total.